The molecule has 0 saturated heterocycles. The zero-order valence-electron chi connectivity index (χ0n) is 19.6. The summed E-state index contributed by atoms with van der Waals surface area (Å²) in [5.74, 6) is 0.0764. The quantitative estimate of drug-likeness (QED) is 0.273. The molecule has 0 aromatic heterocycles. The van der Waals surface area contributed by atoms with E-state index in [9.17, 15) is 13.2 Å². The van der Waals surface area contributed by atoms with Gasteiger partial charge in [-0.05, 0) is 48.0 Å². The van der Waals surface area contributed by atoms with Gasteiger partial charge in [-0.15, -0.1) is 0 Å². The number of halogens is 2. The average Bonchev–Trinajstić information content (AvgIpc) is 2.87. The van der Waals surface area contributed by atoms with Crippen LogP contribution in [0, 0.1) is 0 Å². The Kier molecular flexibility index (Phi) is 9.19. The lowest BCUT2D eigenvalue weighted by atomic mass is 10.2. The monoisotopic (exact) mass is 595 g/mol. The summed E-state index contributed by atoms with van der Waals surface area (Å²) in [6.45, 7) is -0.606. The molecule has 190 valence electrons. The highest BCUT2D eigenvalue weighted by molar-refractivity contribution is 9.10. The van der Waals surface area contributed by atoms with Crippen molar-refractivity contribution in [1.82, 2.24) is 5.43 Å². The number of sulfonamides is 1. The van der Waals surface area contributed by atoms with Crippen LogP contribution in [0.1, 0.15) is 5.56 Å². The molecule has 0 spiro atoms. The minimum Gasteiger partial charge on any atom is -0.495 e. The Balaban J connectivity index is 1.97. The highest BCUT2D eigenvalue weighted by atomic mass is 79.9. The van der Waals surface area contributed by atoms with E-state index in [2.05, 4.69) is 26.5 Å². The van der Waals surface area contributed by atoms with Crippen molar-refractivity contribution in [3.05, 3.63) is 75.7 Å². The van der Waals surface area contributed by atoms with Crippen molar-refractivity contribution in [3.63, 3.8) is 0 Å². The molecule has 12 heteroatoms. The predicted molar refractivity (Wildman–Crippen MR) is 142 cm³/mol. The van der Waals surface area contributed by atoms with Crippen molar-refractivity contribution in [2.45, 2.75) is 4.90 Å². The van der Waals surface area contributed by atoms with E-state index in [-0.39, 0.29) is 27.1 Å². The van der Waals surface area contributed by atoms with Gasteiger partial charge < -0.3 is 14.2 Å². The molecule has 0 unspecified atom stereocenters. The summed E-state index contributed by atoms with van der Waals surface area (Å²) in [5.41, 5.74) is 3.17. The lowest BCUT2D eigenvalue weighted by Crippen LogP contribution is -2.39. The second-order valence-corrected chi connectivity index (χ2v) is 10.4. The Morgan fingerprint density at radius 1 is 0.972 bits per heavy atom. The van der Waals surface area contributed by atoms with E-state index in [1.54, 1.807) is 18.2 Å². The van der Waals surface area contributed by atoms with Crippen LogP contribution >= 0.6 is 27.5 Å². The van der Waals surface area contributed by atoms with E-state index in [0.29, 0.717) is 5.75 Å². The van der Waals surface area contributed by atoms with E-state index in [4.69, 9.17) is 25.8 Å². The third kappa shape index (κ3) is 6.48. The lowest BCUT2D eigenvalue weighted by molar-refractivity contribution is -0.119. The number of hydrogen-bond acceptors (Lipinski definition) is 7. The molecular weight excluding hydrogens is 574 g/mol. The number of hydrogen-bond donors (Lipinski definition) is 1. The van der Waals surface area contributed by atoms with Gasteiger partial charge in [0.2, 0.25) is 0 Å². The predicted octanol–water partition coefficient (Wildman–Crippen LogP) is 4.47. The highest BCUT2D eigenvalue weighted by Gasteiger charge is 2.30. The van der Waals surface area contributed by atoms with Crippen molar-refractivity contribution in [2.24, 2.45) is 5.10 Å². The first-order valence-corrected chi connectivity index (χ1v) is 13.0. The van der Waals surface area contributed by atoms with Crippen molar-refractivity contribution in [1.29, 1.82) is 0 Å². The Labute approximate surface area is 222 Å². The average molecular weight is 597 g/mol. The zero-order valence-corrected chi connectivity index (χ0v) is 22.7. The fraction of sp³-hybridized carbons (Fsp3) is 0.167. The van der Waals surface area contributed by atoms with Crippen LogP contribution in [-0.4, -0.2) is 48.4 Å². The molecule has 0 heterocycles. The Morgan fingerprint density at radius 2 is 1.61 bits per heavy atom. The molecule has 1 N–H and O–H groups in total. The summed E-state index contributed by atoms with van der Waals surface area (Å²) in [6, 6.07) is 15.8. The zero-order chi connectivity index (χ0) is 26.3. The number of nitrogens with zero attached hydrogens (tertiary/aromatic N) is 2. The number of amides is 1. The summed E-state index contributed by atoms with van der Waals surface area (Å²) in [4.78, 5) is 12.7. The molecule has 36 heavy (non-hydrogen) atoms. The SMILES string of the molecule is COc1ccc(S(=O)(=O)N(CC(=O)N/N=C\c2ccc(Br)cc2)c2cc(Cl)ccc2OC)cc1OC. The van der Waals surface area contributed by atoms with Gasteiger partial charge in [0.25, 0.3) is 15.9 Å². The molecule has 0 aliphatic heterocycles. The van der Waals surface area contributed by atoms with Gasteiger partial charge in [-0.25, -0.2) is 13.8 Å². The van der Waals surface area contributed by atoms with E-state index < -0.39 is 22.5 Å². The standard InChI is InChI=1S/C24H23BrClN3O6S/c1-33-21-10-8-18(26)12-20(21)29(15-24(30)28-27-14-16-4-6-17(25)7-5-16)36(31,32)19-9-11-22(34-2)23(13-19)35-3/h4-14H,15H2,1-3H3,(H,28,30)/b27-14-. The molecule has 0 aliphatic carbocycles. The fourth-order valence-electron chi connectivity index (χ4n) is 3.16. The molecule has 0 fully saturated rings. The fourth-order valence-corrected chi connectivity index (χ4v) is 5.03. The maximum Gasteiger partial charge on any atom is 0.265 e. The number of benzene rings is 3. The third-order valence-corrected chi connectivity index (χ3v) is 7.43. The second-order valence-electron chi connectivity index (χ2n) is 7.19. The van der Waals surface area contributed by atoms with Gasteiger partial charge in [-0.2, -0.15) is 5.10 Å². The largest absolute Gasteiger partial charge is 0.495 e. The Bertz CT molecular complexity index is 1370. The first kappa shape index (κ1) is 27.3. The van der Waals surface area contributed by atoms with Gasteiger partial charge in [-0.1, -0.05) is 39.7 Å². The van der Waals surface area contributed by atoms with Crippen molar-refractivity contribution < 1.29 is 27.4 Å². The molecule has 3 rings (SSSR count). The number of anilines is 1. The van der Waals surface area contributed by atoms with Crippen molar-refractivity contribution in [2.75, 3.05) is 32.2 Å². The molecule has 0 bridgehead atoms. The van der Waals surface area contributed by atoms with Crippen LogP contribution in [-0.2, 0) is 14.8 Å². The number of ether oxygens (including phenoxy) is 3. The van der Waals surface area contributed by atoms with Crippen LogP contribution in [0.3, 0.4) is 0 Å². The van der Waals surface area contributed by atoms with E-state index in [1.165, 1.54) is 57.9 Å². The van der Waals surface area contributed by atoms with E-state index in [0.717, 1.165) is 14.3 Å². The number of carbonyl (C=O) groups is 1. The summed E-state index contributed by atoms with van der Waals surface area (Å²) >= 11 is 9.51. The minimum absolute atomic E-state index is 0.0758. The van der Waals surface area contributed by atoms with Crippen LogP contribution < -0.4 is 23.9 Å². The lowest BCUT2D eigenvalue weighted by Gasteiger charge is -2.25. The van der Waals surface area contributed by atoms with Crippen LogP contribution in [0.5, 0.6) is 17.2 Å². The Hall–Kier alpha value is -3.28. The maximum absolute atomic E-state index is 13.8. The third-order valence-electron chi connectivity index (χ3n) is 4.91. The van der Waals surface area contributed by atoms with Gasteiger partial charge in [0.05, 0.1) is 38.1 Å². The summed E-state index contributed by atoms with van der Waals surface area (Å²) in [5, 5.41) is 4.18. The number of rotatable bonds is 10. The maximum atomic E-state index is 13.8. The molecule has 0 aliphatic rings. The number of nitrogens with one attached hydrogen (secondary N) is 1. The molecule has 0 saturated carbocycles. The van der Waals surface area contributed by atoms with Gasteiger partial charge in [0, 0.05) is 15.6 Å². The van der Waals surface area contributed by atoms with Crippen LogP contribution in [0.15, 0.2) is 75.1 Å². The summed E-state index contributed by atoms with van der Waals surface area (Å²) < 4.78 is 45.1. The smallest absolute Gasteiger partial charge is 0.265 e. The van der Waals surface area contributed by atoms with Gasteiger partial charge in [-0.3, -0.25) is 9.10 Å². The number of carbonyl (C=O) groups excluding carboxylic acids is 1. The van der Waals surface area contributed by atoms with Crippen molar-refractivity contribution in [3.8, 4) is 17.2 Å². The van der Waals surface area contributed by atoms with Crippen LogP contribution in [0.4, 0.5) is 5.69 Å². The summed E-state index contributed by atoms with van der Waals surface area (Å²) in [7, 11) is -0.0809. The van der Waals surface area contributed by atoms with E-state index >= 15 is 0 Å². The van der Waals surface area contributed by atoms with E-state index in [1.807, 2.05) is 12.1 Å². The molecule has 9 nitrogen and oxygen atoms in total. The van der Waals surface area contributed by atoms with Crippen LogP contribution in [0.25, 0.3) is 0 Å². The molecule has 0 radical (unpaired) electrons. The highest BCUT2D eigenvalue weighted by Crippen LogP contribution is 2.36. The van der Waals surface area contributed by atoms with Gasteiger partial charge in [0.1, 0.15) is 12.3 Å². The first-order valence-electron chi connectivity index (χ1n) is 10.4. The second kappa shape index (κ2) is 12.1. The number of hydrazone groups is 1. The van der Waals surface area contributed by atoms with Gasteiger partial charge in [0.15, 0.2) is 11.5 Å². The first-order chi connectivity index (χ1) is 17.2. The van der Waals surface area contributed by atoms with Crippen LogP contribution in [0.2, 0.25) is 5.02 Å². The molecule has 0 atom stereocenters. The van der Waals surface area contributed by atoms with Crippen molar-refractivity contribution >= 4 is 55.4 Å². The molecule has 3 aromatic carbocycles. The normalized spacial score (nSPS) is 11.2. The topological polar surface area (TPSA) is 107 Å². The number of methoxy groups -OCH3 is 3. The molecular formula is C24H23BrClN3O6S. The Morgan fingerprint density at radius 3 is 2.25 bits per heavy atom. The summed E-state index contributed by atoms with van der Waals surface area (Å²) in [6.07, 6.45) is 1.44. The van der Waals surface area contributed by atoms with Gasteiger partial charge >= 0.3 is 0 Å². The molecule has 1 amide bonds. The molecule has 3 aromatic rings. The minimum atomic E-state index is -4.30.